The lowest BCUT2D eigenvalue weighted by Gasteiger charge is -2.34. The van der Waals surface area contributed by atoms with Crippen LogP contribution < -0.4 is 11.1 Å². The molecule has 0 radical (unpaired) electrons. The van der Waals surface area contributed by atoms with Crippen LogP contribution in [0.5, 0.6) is 0 Å². The van der Waals surface area contributed by atoms with Gasteiger partial charge in [0.25, 0.3) is 5.91 Å². The number of carbonyl (C=O) groups excluding carboxylic acids is 2. The molecule has 1 heterocycles. The number of nitrogens with two attached hydrogens (primary N) is 1. The highest BCUT2D eigenvalue weighted by atomic mass is 16.5. The van der Waals surface area contributed by atoms with E-state index in [4.69, 9.17) is 10.5 Å². The number of hydrogen-bond acceptors (Lipinski definition) is 4. The van der Waals surface area contributed by atoms with Gasteiger partial charge in [0.1, 0.15) is 6.04 Å². The quantitative estimate of drug-likeness (QED) is 0.797. The van der Waals surface area contributed by atoms with Crippen molar-refractivity contribution < 1.29 is 14.3 Å². The fourth-order valence-corrected chi connectivity index (χ4v) is 2.46. The number of benzene rings is 1. The van der Waals surface area contributed by atoms with Gasteiger partial charge in [-0.15, -0.1) is 0 Å². The molecule has 0 aromatic heterocycles. The van der Waals surface area contributed by atoms with E-state index in [1.165, 1.54) is 0 Å². The lowest BCUT2D eigenvalue weighted by Crippen LogP contribution is -2.55. The average Bonchev–Trinajstić information content (AvgIpc) is 2.45. The summed E-state index contributed by atoms with van der Waals surface area (Å²) in [4.78, 5) is 26.3. The van der Waals surface area contributed by atoms with Crippen molar-refractivity contribution in [3.8, 4) is 0 Å². The van der Waals surface area contributed by atoms with Gasteiger partial charge in [0.05, 0.1) is 13.2 Å². The molecule has 1 saturated heterocycles. The van der Waals surface area contributed by atoms with Gasteiger partial charge in [-0.3, -0.25) is 9.59 Å². The largest absolute Gasteiger partial charge is 0.399 e. The predicted molar refractivity (Wildman–Crippen MR) is 79.9 cm³/mol. The predicted octanol–water partition coefficient (Wildman–Crippen LogP) is 0.554. The highest BCUT2D eigenvalue weighted by molar-refractivity contribution is 5.98. The highest BCUT2D eigenvalue weighted by Crippen LogP contribution is 2.17. The summed E-state index contributed by atoms with van der Waals surface area (Å²) in [7, 11) is 0. The monoisotopic (exact) mass is 291 g/mol. The molecule has 6 nitrogen and oxygen atoms in total. The van der Waals surface area contributed by atoms with Gasteiger partial charge >= 0.3 is 0 Å². The Morgan fingerprint density at radius 2 is 2.19 bits per heavy atom. The number of nitrogens with zero attached hydrogens (tertiary/aromatic N) is 1. The van der Waals surface area contributed by atoms with Crippen LogP contribution in [0.3, 0.4) is 0 Å². The first-order valence-electron chi connectivity index (χ1n) is 7.06. The second-order valence-corrected chi connectivity index (χ2v) is 5.12. The average molecular weight is 291 g/mol. The zero-order valence-corrected chi connectivity index (χ0v) is 12.4. The number of anilines is 1. The van der Waals surface area contributed by atoms with E-state index < -0.39 is 6.04 Å². The molecule has 1 atom stereocenters. The molecule has 1 aliphatic rings. The van der Waals surface area contributed by atoms with E-state index in [-0.39, 0.29) is 18.4 Å². The molecule has 114 valence electrons. The Hall–Kier alpha value is -2.08. The zero-order chi connectivity index (χ0) is 15.4. The van der Waals surface area contributed by atoms with Crippen molar-refractivity contribution >= 4 is 17.5 Å². The van der Waals surface area contributed by atoms with Gasteiger partial charge < -0.3 is 20.7 Å². The molecule has 6 heteroatoms. The number of carbonyl (C=O) groups is 2. The standard InChI is InChI=1S/C15H21N3O3/c1-3-17-14(19)13-9-21-5-4-18(13)15(20)11-6-10(2)7-12(16)8-11/h6-8,13H,3-5,9,16H2,1-2H3,(H,17,19). The molecule has 21 heavy (non-hydrogen) atoms. The number of nitrogen functional groups attached to an aromatic ring is 1. The van der Waals surface area contributed by atoms with Crippen molar-refractivity contribution in [2.75, 3.05) is 32.0 Å². The summed E-state index contributed by atoms with van der Waals surface area (Å²) in [5.41, 5.74) is 7.76. The number of likely N-dealkylation sites (N-methyl/N-ethyl adjacent to an activating group) is 1. The SMILES string of the molecule is CCNC(=O)C1COCCN1C(=O)c1cc(C)cc(N)c1. The summed E-state index contributed by atoms with van der Waals surface area (Å²) < 4.78 is 5.33. The van der Waals surface area contributed by atoms with E-state index in [1.54, 1.807) is 23.1 Å². The molecule has 3 N–H and O–H groups in total. The molecule has 0 spiro atoms. The van der Waals surface area contributed by atoms with E-state index in [2.05, 4.69) is 5.32 Å². The molecule has 2 amide bonds. The number of morpholine rings is 1. The van der Waals surface area contributed by atoms with E-state index in [0.717, 1.165) is 5.56 Å². The molecule has 0 aliphatic carbocycles. The van der Waals surface area contributed by atoms with Crippen molar-refractivity contribution in [3.63, 3.8) is 0 Å². The molecule has 1 fully saturated rings. The van der Waals surface area contributed by atoms with Gasteiger partial charge in [0, 0.05) is 24.3 Å². The number of aryl methyl sites for hydroxylation is 1. The number of ether oxygens (including phenoxy) is 1. The molecule has 1 aromatic carbocycles. The van der Waals surface area contributed by atoms with Crippen LogP contribution in [-0.4, -0.2) is 49.1 Å². The van der Waals surface area contributed by atoms with Crippen LogP contribution in [0.25, 0.3) is 0 Å². The normalized spacial score (nSPS) is 18.4. The summed E-state index contributed by atoms with van der Waals surface area (Å²) in [6.07, 6.45) is 0. The highest BCUT2D eigenvalue weighted by Gasteiger charge is 2.33. The van der Waals surface area contributed by atoms with E-state index in [0.29, 0.717) is 30.9 Å². The third-order valence-corrected chi connectivity index (χ3v) is 3.39. The Morgan fingerprint density at radius 1 is 1.43 bits per heavy atom. The van der Waals surface area contributed by atoms with Crippen LogP contribution >= 0.6 is 0 Å². The van der Waals surface area contributed by atoms with Crippen molar-refractivity contribution in [3.05, 3.63) is 29.3 Å². The first-order chi connectivity index (χ1) is 10.0. The number of nitrogens with one attached hydrogen (secondary N) is 1. The van der Waals surface area contributed by atoms with E-state index in [9.17, 15) is 9.59 Å². The lowest BCUT2D eigenvalue weighted by atomic mass is 10.1. The van der Waals surface area contributed by atoms with Crippen molar-refractivity contribution in [2.24, 2.45) is 0 Å². The maximum atomic E-state index is 12.7. The smallest absolute Gasteiger partial charge is 0.254 e. The summed E-state index contributed by atoms with van der Waals surface area (Å²) in [6.45, 7) is 5.30. The number of rotatable bonds is 3. The second kappa shape index (κ2) is 6.58. The molecular formula is C15H21N3O3. The first kappa shape index (κ1) is 15.3. The van der Waals surface area contributed by atoms with Crippen molar-refractivity contribution in [1.82, 2.24) is 10.2 Å². The van der Waals surface area contributed by atoms with E-state index in [1.807, 2.05) is 13.8 Å². The summed E-state index contributed by atoms with van der Waals surface area (Å²) in [5.74, 6) is -0.379. The first-order valence-corrected chi connectivity index (χ1v) is 7.06. The molecule has 0 bridgehead atoms. The summed E-state index contributed by atoms with van der Waals surface area (Å²) in [5, 5.41) is 2.74. The minimum atomic E-state index is -0.590. The fourth-order valence-electron chi connectivity index (χ4n) is 2.46. The van der Waals surface area contributed by atoms with Crippen LogP contribution in [0, 0.1) is 6.92 Å². The minimum Gasteiger partial charge on any atom is -0.399 e. The van der Waals surface area contributed by atoms with Gasteiger partial charge in [0.2, 0.25) is 5.91 Å². The number of amides is 2. The molecule has 1 aromatic rings. The Bertz CT molecular complexity index is 525. The minimum absolute atomic E-state index is 0.189. The third-order valence-electron chi connectivity index (χ3n) is 3.39. The van der Waals surface area contributed by atoms with Crippen LogP contribution in [0.15, 0.2) is 18.2 Å². The van der Waals surface area contributed by atoms with Crippen molar-refractivity contribution in [2.45, 2.75) is 19.9 Å². The van der Waals surface area contributed by atoms with Gasteiger partial charge in [-0.25, -0.2) is 0 Å². The molecule has 1 aliphatic heterocycles. The molecule has 2 rings (SSSR count). The van der Waals surface area contributed by atoms with Crippen LogP contribution in [0.4, 0.5) is 5.69 Å². The maximum absolute atomic E-state index is 12.7. The van der Waals surface area contributed by atoms with Crippen LogP contribution in [-0.2, 0) is 9.53 Å². The lowest BCUT2D eigenvalue weighted by molar-refractivity contribution is -0.130. The third kappa shape index (κ3) is 3.52. The Kier molecular flexibility index (Phi) is 4.80. The van der Waals surface area contributed by atoms with Gasteiger partial charge in [-0.05, 0) is 37.6 Å². The van der Waals surface area contributed by atoms with E-state index >= 15 is 0 Å². The maximum Gasteiger partial charge on any atom is 0.254 e. The fraction of sp³-hybridized carbons (Fsp3) is 0.467. The Morgan fingerprint density at radius 3 is 2.86 bits per heavy atom. The van der Waals surface area contributed by atoms with Crippen LogP contribution in [0.2, 0.25) is 0 Å². The molecule has 1 unspecified atom stereocenters. The van der Waals surface area contributed by atoms with Crippen molar-refractivity contribution in [1.29, 1.82) is 0 Å². The Labute approximate surface area is 124 Å². The van der Waals surface area contributed by atoms with Gasteiger partial charge in [0.15, 0.2) is 0 Å². The topological polar surface area (TPSA) is 84.7 Å². The van der Waals surface area contributed by atoms with Gasteiger partial charge in [-0.2, -0.15) is 0 Å². The molecule has 0 saturated carbocycles. The zero-order valence-electron chi connectivity index (χ0n) is 12.4. The second-order valence-electron chi connectivity index (χ2n) is 5.12. The Balaban J connectivity index is 2.24. The van der Waals surface area contributed by atoms with Crippen LogP contribution in [0.1, 0.15) is 22.8 Å². The number of hydrogen-bond donors (Lipinski definition) is 2. The summed E-state index contributed by atoms with van der Waals surface area (Å²) in [6, 6.07) is 4.63. The van der Waals surface area contributed by atoms with Gasteiger partial charge in [-0.1, -0.05) is 0 Å². The molecular weight excluding hydrogens is 270 g/mol. The summed E-state index contributed by atoms with van der Waals surface area (Å²) >= 11 is 0.